The van der Waals surface area contributed by atoms with Crippen molar-refractivity contribution in [3.8, 4) is 0 Å². The lowest BCUT2D eigenvalue weighted by atomic mass is 10.0. The molecule has 0 saturated carbocycles. The van der Waals surface area contributed by atoms with Crippen LogP contribution in [0.4, 0.5) is 0 Å². The fourth-order valence-electron chi connectivity index (χ4n) is 1.14. The Morgan fingerprint density at radius 3 is 2.60 bits per heavy atom. The Morgan fingerprint density at radius 2 is 2.13 bits per heavy atom. The Labute approximate surface area is 91.9 Å². The van der Waals surface area contributed by atoms with Gasteiger partial charge in [0.2, 0.25) is 10.0 Å². The second-order valence-corrected chi connectivity index (χ2v) is 5.37. The monoisotopic (exact) mass is 239 g/mol. The van der Waals surface area contributed by atoms with E-state index in [1.165, 1.54) is 7.11 Å². The van der Waals surface area contributed by atoms with Crippen molar-refractivity contribution in [2.24, 2.45) is 5.92 Å². The number of sulfonamides is 1. The maximum atomic E-state index is 11.4. The molecule has 1 atom stereocenters. The summed E-state index contributed by atoms with van der Waals surface area (Å²) in [5.74, 6) is 0.186. The number of rotatable bonds is 9. The van der Waals surface area contributed by atoms with Crippen molar-refractivity contribution in [3.63, 3.8) is 0 Å². The molecule has 0 heterocycles. The summed E-state index contributed by atoms with van der Waals surface area (Å²) in [6.45, 7) is 2.66. The maximum Gasteiger partial charge on any atom is 0.213 e. The lowest BCUT2D eigenvalue weighted by Crippen LogP contribution is -2.32. The molecule has 0 aromatic heterocycles. The van der Waals surface area contributed by atoms with E-state index in [9.17, 15) is 8.42 Å². The van der Waals surface area contributed by atoms with Crippen LogP contribution in [-0.2, 0) is 14.8 Å². The van der Waals surface area contributed by atoms with Crippen LogP contribution in [0, 0.1) is 5.92 Å². The van der Waals surface area contributed by atoms with Crippen LogP contribution in [0.5, 0.6) is 0 Å². The molecule has 0 aliphatic heterocycles. The minimum Gasteiger partial charge on any atom is -0.396 e. The number of aliphatic hydroxyl groups is 1. The lowest BCUT2D eigenvalue weighted by molar-refractivity contribution is 0.216. The summed E-state index contributed by atoms with van der Waals surface area (Å²) in [6, 6.07) is 0. The van der Waals surface area contributed by atoms with E-state index in [0.717, 1.165) is 6.42 Å². The summed E-state index contributed by atoms with van der Waals surface area (Å²) in [4.78, 5) is 0. The van der Waals surface area contributed by atoms with E-state index in [0.29, 0.717) is 13.0 Å². The maximum absolute atomic E-state index is 11.4. The van der Waals surface area contributed by atoms with Gasteiger partial charge in [0.05, 0.1) is 12.4 Å². The van der Waals surface area contributed by atoms with Crippen LogP contribution in [0.15, 0.2) is 0 Å². The Bertz CT molecular complexity index is 240. The topological polar surface area (TPSA) is 75.6 Å². The van der Waals surface area contributed by atoms with E-state index in [4.69, 9.17) is 9.84 Å². The first-order valence-corrected chi connectivity index (χ1v) is 6.78. The predicted molar refractivity (Wildman–Crippen MR) is 59.1 cm³/mol. The van der Waals surface area contributed by atoms with Gasteiger partial charge in [0.1, 0.15) is 0 Å². The fraction of sp³-hybridized carbons (Fsp3) is 1.00. The van der Waals surface area contributed by atoms with E-state index in [-0.39, 0.29) is 24.9 Å². The normalized spacial score (nSPS) is 14.1. The van der Waals surface area contributed by atoms with Crippen LogP contribution in [-0.4, -0.2) is 46.1 Å². The van der Waals surface area contributed by atoms with Gasteiger partial charge in [-0.25, -0.2) is 13.1 Å². The van der Waals surface area contributed by atoms with Crippen LogP contribution in [0.1, 0.15) is 19.8 Å². The molecule has 0 amide bonds. The van der Waals surface area contributed by atoms with E-state index < -0.39 is 10.0 Å². The number of ether oxygens (including phenoxy) is 1. The minimum absolute atomic E-state index is 0.0148. The standard InChI is InChI=1S/C9H21NO4S/c1-3-9(4-5-11)8-10-15(12,13)7-6-14-2/h9-11H,3-8H2,1-2H3. The number of nitrogens with one attached hydrogen (secondary N) is 1. The molecular formula is C9H21NO4S. The Morgan fingerprint density at radius 1 is 1.47 bits per heavy atom. The van der Waals surface area contributed by atoms with Gasteiger partial charge >= 0.3 is 0 Å². The minimum atomic E-state index is -3.22. The molecule has 2 N–H and O–H groups in total. The third-order valence-electron chi connectivity index (χ3n) is 2.26. The van der Waals surface area contributed by atoms with Crippen LogP contribution in [0.25, 0.3) is 0 Å². The summed E-state index contributed by atoms with van der Waals surface area (Å²) in [5.41, 5.74) is 0. The van der Waals surface area contributed by atoms with E-state index in [1.54, 1.807) is 0 Å². The quantitative estimate of drug-likeness (QED) is 0.592. The van der Waals surface area contributed by atoms with Crippen molar-refractivity contribution in [1.82, 2.24) is 4.72 Å². The summed E-state index contributed by atoms with van der Waals surface area (Å²) in [5, 5.41) is 8.74. The van der Waals surface area contributed by atoms with Crippen LogP contribution < -0.4 is 4.72 Å². The molecular weight excluding hydrogens is 218 g/mol. The highest BCUT2D eigenvalue weighted by Crippen LogP contribution is 2.06. The lowest BCUT2D eigenvalue weighted by Gasteiger charge is -2.14. The molecule has 1 unspecified atom stereocenters. The smallest absolute Gasteiger partial charge is 0.213 e. The Kier molecular flexibility index (Phi) is 7.95. The molecule has 0 radical (unpaired) electrons. The molecule has 15 heavy (non-hydrogen) atoms. The molecule has 0 saturated heterocycles. The fourth-order valence-corrected chi connectivity index (χ4v) is 2.16. The first kappa shape index (κ1) is 14.8. The molecule has 0 fully saturated rings. The molecule has 0 aromatic carbocycles. The SMILES string of the molecule is CCC(CCO)CNS(=O)(=O)CCOC. The summed E-state index contributed by atoms with van der Waals surface area (Å²) < 4.78 is 29.9. The summed E-state index contributed by atoms with van der Waals surface area (Å²) in [7, 11) is -1.76. The third kappa shape index (κ3) is 7.72. The van der Waals surface area contributed by atoms with E-state index in [1.807, 2.05) is 6.92 Å². The van der Waals surface area contributed by atoms with Crippen molar-refractivity contribution < 1.29 is 18.3 Å². The van der Waals surface area contributed by atoms with Gasteiger partial charge in [-0.2, -0.15) is 0 Å². The molecule has 0 rings (SSSR count). The van der Waals surface area contributed by atoms with Gasteiger partial charge in [-0.1, -0.05) is 13.3 Å². The number of hydrogen-bond acceptors (Lipinski definition) is 4. The summed E-state index contributed by atoms with van der Waals surface area (Å²) >= 11 is 0. The molecule has 0 aliphatic rings. The molecule has 0 spiro atoms. The van der Waals surface area contributed by atoms with Gasteiger partial charge in [0.25, 0.3) is 0 Å². The van der Waals surface area contributed by atoms with Crippen LogP contribution in [0.2, 0.25) is 0 Å². The highest BCUT2D eigenvalue weighted by molar-refractivity contribution is 7.89. The average molecular weight is 239 g/mol. The molecule has 6 heteroatoms. The molecule has 0 aliphatic carbocycles. The van der Waals surface area contributed by atoms with Crippen LogP contribution >= 0.6 is 0 Å². The van der Waals surface area contributed by atoms with Crippen molar-refractivity contribution in [2.75, 3.05) is 32.6 Å². The predicted octanol–water partition coefficient (Wildman–Crippen LogP) is -0.0392. The van der Waals surface area contributed by atoms with Gasteiger partial charge in [0.15, 0.2) is 0 Å². The van der Waals surface area contributed by atoms with Gasteiger partial charge in [0, 0.05) is 20.3 Å². The first-order valence-electron chi connectivity index (χ1n) is 5.12. The Hall–Kier alpha value is -0.170. The Balaban J connectivity index is 3.90. The second-order valence-electron chi connectivity index (χ2n) is 3.45. The van der Waals surface area contributed by atoms with Crippen LogP contribution in [0.3, 0.4) is 0 Å². The molecule has 0 aromatic rings. The first-order chi connectivity index (χ1) is 7.05. The number of hydrogen-bond donors (Lipinski definition) is 2. The largest absolute Gasteiger partial charge is 0.396 e. The zero-order valence-corrected chi connectivity index (χ0v) is 10.2. The third-order valence-corrected chi connectivity index (χ3v) is 3.57. The summed E-state index contributed by atoms with van der Waals surface area (Å²) in [6.07, 6.45) is 1.48. The molecule has 5 nitrogen and oxygen atoms in total. The van der Waals surface area contributed by atoms with Crippen molar-refractivity contribution in [3.05, 3.63) is 0 Å². The highest BCUT2D eigenvalue weighted by atomic mass is 32.2. The second kappa shape index (κ2) is 8.04. The van der Waals surface area contributed by atoms with Crippen molar-refractivity contribution in [1.29, 1.82) is 0 Å². The van der Waals surface area contributed by atoms with Gasteiger partial charge in [-0.05, 0) is 12.3 Å². The van der Waals surface area contributed by atoms with E-state index in [2.05, 4.69) is 4.72 Å². The zero-order chi connectivity index (χ0) is 11.7. The zero-order valence-electron chi connectivity index (χ0n) is 9.40. The van der Waals surface area contributed by atoms with Gasteiger partial charge < -0.3 is 9.84 Å². The molecule has 92 valence electrons. The number of methoxy groups -OCH3 is 1. The molecule has 0 bridgehead atoms. The number of aliphatic hydroxyl groups excluding tert-OH is 1. The van der Waals surface area contributed by atoms with Gasteiger partial charge in [-0.3, -0.25) is 0 Å². The average Bonchev–Trinajstić information content (AvgIpc) is 2.21. The highest BCUT2D eigenvalue weighted by Gasteiger charge is 2.12. The van der Waals surface area contributed by atoms with E-state index >= 15 is 0 Å². The van der Waals surface area contributed by atoms with Crippen molar-refractivity contribution in [2.45, 2.75) is 19.8 Å². The van der Waals surface area contributed by atoms with Gasteiger partial charge in [-0.15, -0.1) is 0 Å². The van der Waals surface area contributed by atoms with Crippen molar-refractivity contribution >= 4 is 10.0 Å².